The third kappa shape index (κ3) is 3.56. The number of ketones is 1. The second kappa shape index (κ2) is 7.43. The fourth-order valence-electron chi connectivity index (χ4n) is 2.74. The van der Waals surface area contributed by atoms with Crippen LogP contribution in [0.4, 0.5) is 0 Å². The van der Waals surface area contributed by atoms with Crippen LogP contribution in [0.2, 0.25) is 0 Å². The Bertz CT molecular complexity index is 586. The summed E-state index contributed by atoms with van der Waals surface area (Å²) in [5, 5.41) is 0. The highest BCUT2D eigenvalue weighted by atomic mass is 16.5. The first-order chi connectivity index (χ1) is 11.4. The van der Waals surface area contributed by atoms with E-state index in [-0.39, 0.29) is 25.0 Å². The van der Waals surface area contributed by atoms with Gasteiger partial charge in [0.05, 0.1) is 33.9 Å². The number of nitrogens with zero attached hydrogens (tertiary/aromatic N) is 2. The zero-order chi connectivity index (χ0) is 17.9. The predicted molar refractivity (Wildman–Crippen MR) is 79.4 cm³/mol. The molecular formula is C15H20N2O7. The molecule has 0 aliphatic carbocycles. The van der Waals surface area contributed by atoms with Gasteiger partial charge >= 0.3 is 11.9 Å². The van der Waals surface area contributed by atoms with E-state index in [1.165, 1.54) is 4.90 Å². The Morgan fingerprint density at radius 1 is 1.21 bits per heavy atom. The fourth-order valence-corrected chi connectivity index (χ4v) is 2.74. The molecule has 0 N–H and O–H groups in total. The number of ether oxygens (including phenoxy) is 3. The van der Waals surface area contributed by atoms with Crippen LogP contribution in [0.3, 0.4) is 0 Å². The second-order valence-electron chi connectivity index (χ2n) is 5.55. The Kier molecular flexibility index (Phi) is 5.55. The van der Waals surface area contributed by atoms with Crippen LogP contribution in [-0.2, 0) is 33.4 Å². The van der Waals surface area contributed by atoms with E-state index in [4.69, 9.17) is 4.74 Å². The van der Waals surface area contributed by atoms with E-state index >= 15 is 0 Å². The lowest BCUT2D eigenvalue weighted by Gasteiger charge is -2.46. The van der Waals surface area contributed by atoms with Crippen LogP contribution >= 0.6 is 0 Å². The molecule has 132 valence electrons. The first-order valence-electron chi connectivity index (χ1n) is 7.48. The lowest BCUT2D eigenvalue weighted by molar-refractivity contribution is -0.176. The highest BCUT2D eigenvalue weighted by Gasteiger charge is 2.38. The molecule has 2 fully saturated rings. The first kappa shape index (κ1) is 17.9. The van der Waals surface area contributed by atoms with Gasteiger partial charge in [-0.15, -0.1) is 0 Å². The smallest absolute Gasteiger partial charge is 0.379 e. The lowest BCUT2D eigenvalue weighted by Crippen LogP contribution is -2.61. The number of esters is 2. The average molecular weight is 340 g/mol. The van der Waals surface area contributed by atoms with E-state index in [1.54, 1.807) is 4.90 Å². The highest BCUT2D eigenvalue weighted by molar-refractivity contribution is 6.46. The minimum Gasteiger partial charge on any atom is -0.465 e. The van der Waals surface area contributed by atoms with Crippen LogP contribution in [0.25, 0.3) is 0 Å². The van der Waals surface area contributed by atoms with Gasteiger partial charge in [0.1, 0.15) is 11.8 Å². The van der Waals surface area contributed by atoms with E-state index in [1.807, 2.05) is 6.92 Å². The Balaban J connectivity index is 2.23. The van der Waals surface area contributed by atoms with E-state index in [0.717, 1.165) is 26.8 Å². The van der Waals surface area contributed by atoms with E-state index in [9.17, 15) is 19.2 Å². The molecule has 0 radical (unpaired) electrons. The van der Waals surface area contributed by atoms with Crippen LogP contribution in [0.15, 0.2) is 11.8 Å². The summed E-state index contributed by atoms with van der Waals surface area (Å²) >= 11 is 0. The Morgan fingerprint density at radius 2 is 1.88 bits per heavy atom. The lowest BCUT2D eigenvalue weighted by atomic mass is 10.1. The van der Waals surface area contributed by atoms with Gasteiger partial charge in [0.2, 0.25) is 5.91 Å². The van der Waals surface area contributed by atoms with Crippen LogP contribution in [0.5, 0.6) is 0 Å². The molecule has 0 bridgehead atoms. The topological polar surface area (TPSA) is 102 Å². The molecule has 9 nitrogen and oxygen atoms in total. The minimum absolute atomic E-state index is 0.0286. The summed E-state index contributed by atoms with van der Waals surface area (Å²) in [4.78, 5) is 50.6. The molecule has 24 heavy (non-hydrogen) atoms. The number of carbonyl (C=O) groups is 4. The Labute approximate surface area is 139 Å². The molecule has 2 saturated heterocycles. The number of hydrogen-bond donors (Lipinski definition) is 0. The first-order valence-corrected chi connectivity index (χ1v) is 7.48. The molecule has 1 unspecified atom stereocenters. The quantitative estimate of drug-likeness (QED) is 0.212. The molecule has 9 heteroatoms. The van der Waals surface area contributed by atoms with E-state index in [0.29, 0.717) is 6.61 Å². The largest absolute Gasteiger partial charge is 0.465 e. The van der Waals surface area contributed by atoms with E-state index < -0.39 is 29.5 Å². The molecule has 0 aromatic rings. The average Bonchev–Trinajstić information content (AvgIpc) is 2.57. The second-order valence-corrected chi connectivity index (χ2v) is 5.55. The minimum atomic E-state index is -1.18. The van der Waals surface area contributed by atoms with Crippen molar-refractivity contribution in [2.24, 2.45) is 0 Å². The maximum Gasteiger partial charge on any atom is 0.379 e. The molecule has 0 spiro atoms. The number of piperazine rings is 1. The fraction of sp³-hybridized carbons (Fsp3) is 0.600. The monoisotopic (exact) mass is 340 g/mol. The van der Waals surface area contributed by atoms with Gasteiger partial charge in [-0.2, -0.15) is 0 Å². The van der Waals surface area contributed by atoms with Crippen LogP contribution in [0, 0.1) is 0 Å². The molecule has 2 atom stereocenters. The Morgan fingerprint density at radius 3 is 2.50 bits per heavy atom. The van der Waals surface area contributed by atoms with Crippen LogP contribution in [-0.4, -0.2) is 79.6 Å². The highest BCUT2D eigenvalue weighted by Crippen LogP contribution is 2.22. The van der Waals surface area contributed by atoms with Gasteiger partial charge in [0.15, 0.2) is 0 Å². The number of hydrogen-bond acceptors (Lipinski definition) is 8. The van der Waals surface area contributed by atoms with Gasteiger partial charge < -0.3 is 24.0 Å². The molecule has 2 rings (SSSR count). The van der Waals surface area contributed by atoms with Crippen molar-refractivity contribution in [2.45, 2.75) is 25.6 Å². The van der Waals surface area contributed by atoms with Gasteiger partial charge in [-0.25, -0.2) is 9.59 Å². The molecule has 1 amide bonds. The van der Waals surface area contributed by atoms with Crippen molar-refractivity contribution in [3.05, 3.63) is 11.8 Å². The number of amides is 1. The molecule has 0 aromatic heterocycles. The third-order valence-corrected chi connectivity index (χ3v) is 3.98. The van der Waals surface area contributed by atoms with Crippen LogP contribution in [0.1, 0.15) is 13.3 Å². The normalized spacial score (nSPS) is 24.3. The number of rotatable bonds is 4. The maximum absolute atomic E-state index is 12.3. The summed E-state index contributed by atoms with van der Waals surface area (Å²) in [7, 11) is 2.13. The standard InChI is InChI=1S/C15H20N2O7/c1-9-4-5-24-12-8-16(7-11(18)17(9)12)6-10(14(20)22-2)13(19)15(21)23-3/h6,9,12H,4-5,7-8H2,1-3H3/b10-6+/t9-,12?/m1/s1. The molecule has 0 saturated carbocycles. The summed E-state index contributed by atoms with van der Waals surface area (Å²) < 4.78 is 14.5. The summed E-state index contributed by atoms with van der Waals surface area (Å²) in [6, 6.07) is 0.0687. The number of fused-ring (bicyclic) bond motifs is 1. The molecule has 0 aromatic carbocycles. The van der Waals surface area contributed by atoms with Crippen molar-refractivity contribution < 1.29 is 33.4 Å². The zero-order valence-corrected chi connectivity index (χ0v) is 13.8. The SMILES string of the molecule is COC(=O)C(=O)/C(=C\N1CC(=O)N2C(C1)OCC[C@H]2C)C(=O)OC. The number of Topliss-reactive ketones (excluding diaryl/α,β-unsaturated/α-hetero) is 1. The van der Waals surface area contributed by atoms with Crippen molar-refractivity contribution in [1.29, 1.82) is 0 Å². The van der Waals surface area contributed by atoms with Crippen molar-refractivity contribution in [1.82, 2.24) is 9.80 Å². The Hall–Kier alpha value is -2.42. The van der Waals surface area contributed by atoms with Gasteiger partial charge in [0.25, 0.3) is 5.78 Å². The van der Waals surface area contributed by atoms with Gasteiger partial charge in [0, 0.05) is 12.2 Å². The van der Waals surface area contributed by atoms with Crippen molar-refractivity contribution in [3.63, 3.8) is 0 Å². The summed E-state index contributed by atoms with van der Waals surface area (Å²) in [6.07, 6.45) is 1.45. The summed E-state index contributed by atoms with van der Waals surface area (Å²) in [5.74, 6) is -3.46. The van der Waals surface area contributed by atoms with Crippen molar-refractivity contribution in [3.8, 4) is 0 Å². The van der Waals surface area contributed by atoms with Crippen molar-refractivity contribution in [2.75, 3.05) is 33.9 Å². The van der Waals surface area contributed by atoms with E-state index in [2.05, 4.69) is 9.47 Å². The predicted octanol–water partition coefficient (Wildman–Crippen LogP) is -0.935. The van der Waals surface area contributed by atoms with Gasteiger partial charge in [-0.3, -0.25) is 9.59 Å². The number of methoxy groups -OCH3 is 2. The summed E-state index contributed by atoms with van der Waals surface area (Å²) in [6.45, 7) is 2.72. The van der Waals surface area contributed by atoms with Gasteiger partial charge in [-0.1, -0.05) is 0 Å². The summed E-state index contributed by atoms with van der Waals surface area (Å²) in [5.41, 5.74) is -0.491. The van der Waals surface area contributed by atoms with Crippen LogP contribution < -0.4 is 0 Å². The molecule has 2 heterocycles. The maximum atomic E-state index is 12.3. The molecule has 2 aliphatic rings. The van der Waals surface area contributed by atoms with Gasteiger partial charge in [-0.05, 0) is 13.3 Å². The molecule has 2 aliphatic heterocycles. The van der Waals surface area contributed by atoms with Crippen molar-refractivity contribution >= 4 is 23.6 Å². The molecular weight excluding hydrogens is 320 g/mol. The zero-order valence-electron chi connectivity index (χ0n) is 13.8. The number of carbonyl (C=O) groups excluding carboxylic acids is 4. The third-order valence-electron chi connectivity index (χ3n) is 3.98.